The van der Waals surface area contributed by atoms with Gasteiger partial charge in [-0.1, -0.05) is 39.0 Å². The lowest BCUT2D eigenvalue weighted by Gasteiger charge is -2.39. The van der Waals surface area contributed by atoms with Gasteiger partial charge >= 0.3 is 0 Å². The summed E-state index contributed by atoms with van der Waals surface area (Å²) in [5, 5.41) is 2.93. The van der Waals surface area contributed by atoms with Gasteiger partial charge in [-0.15, -0.1) is 0 Å². The number of hydrogen-bond acceptors (Lipinski definition) is 3. The predicted octanol–water partition coefficient (Wildman–Crippen LogP) is 3.01. The van der Waals surface area contributed by atoms with Gasteiger partial charge in [-0.3, -0.25) is 14.5 Å². The van der Waals surface area contributed by atoms with E-state index in [0.717, 1.165) is 30.8 Å². The van der Waals surface area contributed by atoms with Crippen LogP contribution in [0.4, 0.5) is 5.69 Å². The van der Waals surface area contributed by atoms with Gasteiger partial charge in [-0.25, -0.2) is 0 Å². The van der Waals surface area contributed by atoms with Gasteiger partial charge in [0.2, 0.25) is 11.8 Å². The van der Waals surface area contributed by atoms with E-state index in [2.05, 4.69) is 31.0 Å². The largest absolute Gasteiger partial charge is 0.335 e. The Morgan fingerprint density at radius 3 is 2.46 bits per heavy atom. The number of carbonyl (C=O) groups is 2. The third kappa shape index (κ3) is 5.31. The van der Waals surface area contributed by atoms with Crippen LogP contribution in [0.5, 0.6) is 0 Å². The van der Waals surface area contributed by atoms with Crippen LogP contribution in [0.3, 0.4) is 0 Å². The van der Waals surface area contributed by atoms with Crippen LogP contribution in [0.25, 0.3) is 0 Å². The lowest BCUT2D eigenvalue weighted by molar-refractivity contribution is -0.138. The highest BCUT2D eigenvalue weighted by atomic mass is 16.2. The number of anilines is 1. The van der Waals surface area contributed by atoms with Crippen molar-refractivity contribution in [1.82, 2.24) is 9.80 Å². The number of hydrogen-bond donors (Lipinski definition) is 1. The van der Waals surface area contributed by atoms with E-state index >= 15 is 0 Å². The topological polar surface area (TPSA) is 52.7 Å². The monoisotopic (exact) mass is 359 g/mol. The zero-order valence-electron chi connectivity index (χ0n) is 16.8. The molecule has 0 radical (unpaired) electrons. The maximum atomic E-state index is 12.8. The van der Waals surface area contributed by atoms with Crippen molar-refractivity contribution in [3.63, 3.8) is 0 Å². The zero-order chi connectivity index (χ0) is 19.3. The number of aryl methyl sites for hydroxylation is 1. The second kappa shape index (κ2) is 9.17. The van der Waals surface area contributed by atoms with Gasteiger partial charge in [-0.05, 0) is 43.2 Å². The van der Waals surface area contributed by atoms with Gasteiger partial charge < -0.3 is 10.2 Å². The summed E-state index contributed by atoms with van der Waals surface area (Å²) in [4.78, 5) is 28.9. The van der Waals surface area contributed by atoms with Gasteiger partial charge in [-0.2, -0.15) is 0 Å². The number of likely N-dealkylation sites (N-methyl/N-ethyl adjacent to an activating group) is 1. The molecule has 2 rings (SSSR count). The first-order chi connectivity index (χ1) is 12.3. The van der Waals surface area contributed by atoms with Crippen molar-refractivity contribution in [2.24, 2.45) is 11.8 Å². The number of likely N-dealkylation sites (tertiary alicyclic amines) is 1. The van der Waals surface area contributed by atoms with Crippen LogP contribution in [0.1, 0.15) is 39.7 Å². The van der Waals surface area contributed by atoms with Crippen molar-refractivity contribution >= 4 is 17.5 Å². The van der Waals surface area contributed by atoms with Gasteiger partial charge in [0.25, 0.3) is 0 Å². The summed E-state index contributed by atoms with van der Waals surface area (Å²) in [5.41, 5.74) is 1.92. The highest BCUT2D eigenvalue weighted by Crippen LogP contribution is 2.23. The SMILES string of the molecule is CCc1ccccc1NC(=O)CN(C)C(=O)[C@H](C)N1C[C@@H](C)C[C@H](C)C1. The molecule has 0 bridgehead atoms. The molecule has 5 heteroatoms. The first-order valence-electron chi connectivity index (χ1n) is 9.68. The highest BCUT2D eigenvalue weighted by Gasteiger charge is 2.30. The number of rotatable bonds is 6. The quantitative estimate of drug-likeness (QED) is 0.849. The molecule has 1 aliphatic heterocycles. The van der Waals surface area contributed by atoms with E-state index < -0.39 is 0 Å². The highest BCUT2D eigenvalue weighted by molar-refractivity contribution is 5.95. The van der Waals surface area contributed by atoms with E-state index in [1.165, 1.54) is 6.42 Å². The molecule has 2 amide bonds. The molecule has 0 spiro atoms. The Morgan fingerprint density at radius 2 is 1.85 bits per heavy atom. The first-order valence-corrected chi connectivity index (χ1v) is 9.68. The van der Waals surface area contributed by atoms with Crippen LogP contribution in [0.2, 0.25) is 0 Å². The smallest absolute Gasteiger partial charge is 0.243 e. The third-order valence-electron chi connectivity index (χ3n) is 5.23. The Kier molecular flexibility index (Phi) is 7.21. The number of piperidine rings is 1. The Bertz CT molecular complexity index is 621. The van der Waals surface area contributed by atoms with E-state index in [-0.39, 0.29) is 24.4 Å². The molecular weight excluding hydrogens is 326 g/mol. The molecular formula is C21H33N3O2. The van der Waals surface area contributed by atoms with E-state index in [1.807, 2.05) is 31.2 Å². The van der Waals surface area contributed by atoms with Gasteiger partial charge in [0.05, 0.1) is 12.6 Å². The molecule has 0 aromatic heterocycles. The molecule has 0 unspecified atom stereocenters. The Balaban J connectivity index is 1.92. The summed E-state index contributed by atoms with van der Waals surface area (Å²) in [6.07, 6.45) is 2.07. The van der Waals surface area contributed by atoms with Crippen molar-refractivity contribution in [2.45, 2.75) is 46.6 Å². The normalized spacial score (nSPS) is 21.9. The molecule has 1 aromatic rings. The Morgan fingerprint density at radius 1 is 1.23 bits per heavy atom. The number of amides is 2. The van der Waals surface area contributed by atoms with Crippen molar-refractivity contribution in [3.8, 4) is 0 Å². The summed E-state index contributed by atoms with van der Waals surface area (Å²) < 4.78 is 0. The molecule has 144 valence electrons. The van der Waals surface area contributed by atoms with Crippen molar-refractivity contribution < 1.29 is 9.59 Å². The van der Waals surface area contributed by atoms with Crippen LogP contribution in [-0.4, -0.2) is 54.3 Å². The van der Waals surface area contributed by atoms with E-state index in [1.54, 1.807) is 11.9 Å². The molecule has 1 aliphatic rings. The first kappa shape index (κ1) is 20.4. The van der Waals surface area contributed by atoms with Gasteiger partial charge in [0.1, 0.15) is 0 Å². The van der Waals surface area contributed by atoms with Crippen molar-refractivity contribution in [3.05, 3.63) is 29.8 Å². The standard InChI is InChI=1S/C21H33N3O2/c1-6-18-9-7-8-10-19(18)22-20(25)14-23(5)21(26)17(4)24-12-15(2)11-16(3)13-24/h7-10,15-17H,6,11-14H2,1-5H3,(H,22,25)/t15-,16-,17-/m0/s1. The van der Waals surface area contributed by atoms with Crippen molar-refractivity contribution in [1.29, 1.82) is 0 Å². The molecule has 0 aliphatic carbocycles. The second-order valence-electron chi connectivity index (χ2n) is 7.83. The van der Waals surface area contributed by atoms with Gasteiger partial charge in [0.15, 0.2) is 0 Å². The minimum absolute atomic E-state index is 0.00484. The van der Waals surface area contributed by atoms with Crippen LogP contribution in [-0.2, 0) is 16.0 Å². The molecule has 26 heavy (non-hydrogen) atoms. The molecule has 5 nitrogen and oxygen atoms in total. The molecule has 3 atom stereocenters. The number of nitrogens with zero attached hydrogens (tertiary/aromatic N) is 2. The number of para-hydroxylation sites is 1. The van der Waals surface area contributed by atoms with E-state index in [9.17, 15) is 9.59 Å². The number of carbonyl (C=O) groups excluding carboxylic acids is 2. The molecule has 1 saturated heterocycles. The Hall–Kier alpha value is -1.88. The fourth-order valence-electron chi connectivity index (χ4n) is 3.94. The maximum Gasteiger partial charge on any atom is 0.243 e. The summed E-state index contributed by atoms with van der Waals surface area (Å²) in [7, 11) is 1.71. The molecule has 1 heterocycles. The third-order valence-corrected chi connectivity index (χ3v) is 5.23. The lowest BCUT2D eigenvalue weighted by Crippen LogP contribution is -2.51. The van der Waals surface area contributed by atoms with Crippen LogP contribution >= 0.6 is 0 Å². The number of nitrogens with one attached hydrogen (secondary N) is 1. The minimum Gasteiger partial charge on any atom is -0.335 e. The van der Waals surface area contributed by atoms with E-state index in [4.69, 9.17) is 0 Å². The van der Waals surface area contributed by atoms with Crippen LogP contribution in [0, 0.1) is 11.8 Å². The zero-order valence-corrected chi connectivity index (χ0v) is 16.8. The van der Waals surface area contributed by atoms with Crippen LogP contribution < -0.4 is 5.32 Å². The average Bonchev–Trinajstić information content (AvgIpc) is 2.59. The van der Waals surface area contributed by atoms with Crippen molar-refractivity contribution in [2.75, 3.05) is 32.0 Å². The van der Waals surface area contributed by atoms with E-state index in [0.29, 0.717) is 11.8 Å². The average molecular weight is 360 g/mol. The molecule has 1 aromatic carbocycles. The molecule has 1 N–H and O–H groups in total. The Labute approximate surface area is 157 Å². The lowest BCUT2D eigenvalue weighted by atomic mass is 9.91. The second-order valence-corrected chi connectivity index (χ2v) is 7.83. The van der Waals surface area contributed by atoms with Gasteiger partial charge in [0, 0.05) is 25.8 Å². The number of benzene rings is 1. The maximum absolute atomic E-state index is 12.8. The summed E-state index contributed by atoms with van der Waals surface area (Å²) in [5.74, 6) is 1.06. The molecule has 1 fully saturated rings. The predicted molar refractivity (Wildman–Crippen MR) is 106 cm³/mol. The van der Waals surface area contributed by atoms with Crippen LogP contribution in [0.15, 0.2) is 24.3 Å². The molecule has 0 saturated carbocycles. The summed E-state index contributed by atoms with van der Waals surface area (Å²) in [6, 6.07) is 7.58. The summed E-state index contributed by atoms with van der Waals surface area (Å²) in [6.45, 7) is 10.4. The minimum atomic E-state index is -0.194. The fourth-order valence-corrected chi connectivity index (χ4v) is 3.94. The fraction of sp³-hybridized carbons (Fsp3) is 0.619. The summed E-state index contributed by atoms with van der Waals surface area (Å²) >= 11 is 0.